The molecule has 1 aliphatic heterocycles. The summed E-state index contributed by atoms with van der Waals surface area (Å²) >= 11 is 0. The van der Waals surface area contributed by atoms with Crippen molar-refractivity contribution >= 4 is 5.91 Å². The number of nitrogens with zero attached hydrogens (tertiary/aromatic N) is 1. The summed E-state index contributed by atoms with van der Waals surface area (Å²) in [5, 5.41) is 0. The van der Waals surface area contributed by atoms with Crippen molar-refractivity contribution in [2.45, 2.75) is 57.5 Å². The molecule has 0 aromatic heterocycles. The van der Waals surface area contributed by atoms with E-state index in [2.05, 4.69) is 6.92 Å². The average Bonchev–Trinajstić information content (AvgIpc) is 2.47. The van der Waals surface area contributed by atoms with Crippen molar-refractivity contribution in [3.8, 4) is 0 Å². The van der Waals surface area contributed by atoms with E-state index in [0.29, 0.717) is 13.1 Å². The standard InChI is InChI=1S/C15H28N2O2/c1-14(19-2)7-6-10-17(12-14)13(18)15(11-16)8-4-3-5-9-15/h3-12,16H2,1-2H3. The summed E-state index contributed by atoms with van der Waals surface area (Å²) in [6.45, 7) is 4.16. The maximum absolute atomic E-state index is 12.9. The fraction of sp³-hybridized carbons (Fsp3) is 0.933. The Morgan fingerprint density at radius 1 is 1.21 bits per heavy atom. The Bertz CT molecular complexity index is 326. The van der Waals surface area contributed by atoms with Crippen molar-refractivity contribution in [2.24, 2.45) is 11.1 Å². The summed E-state index contributed by atoms with van der Waals surface area (Å²) in [6, 6.07) is 0. The molecular formula is C15H28N2O2. The average molecular weight is 268 g/mol. The first-order valence-corrected chi connectivity index (χ1v) is 7.60. The van der Waals surface area contributed by atoms with Crippen LogP contribution < -0.4 is 5.73 Å². The predicted molar refractivity (Wildman–Crippen MR) is 75.8 cm³/mol. The van der Waals surface area contributed by atoms with Crippen LogP contribution in [0.4, 0.5) is 0 Å². The number of nitrogens with two attached hydrogens (primary N) is 1. The number of carbonyl (C=O) groups excluding carboxylic acids is 1. The molecule has 1 saturated carbocycles. The third kappa shape index (κ3) is 2.95. The molecular weight excluding hydrogens is 240 g/mol. The van der Waals surface area contributed by atoms with Crippen LogP contribution in [0.25, 0.3) is 0 Å². The van der Waals surface area contributed by atoms with E-state index < -0.39 is 0 Å². The zero-order valence-electron chi connectivity index (χ0n) is 12.4. The lowest BCUT2D eigenvalue weighted by molar-refractivity contribution is -0.151. The maximum Gasteiger partial charge on any atom is 0.230 e. The van der Waals surface area contributed by atoms with Gasteiger partial charge in [0.15, 0.2) is 0 Å². The first-order valence-electron chi connectivity index (χ1n) is 7.60. The van der Waals surface area contributed by atoms with Crippen molar-refractivity contribution in [3.63, 3.8) is 0 Å². The fourth-order valence-corrected chi connectivity index (χ4v) is 3.61. The highest BCUT2D eigenvalue weighted by molar-refractivity contribution is 5.83. The minimum Gasteiger partial charge on any atom is -0.377 e. The molecule has 0 aromatic carbocycles. The lowest BCUT2D eigenvalue weighted by Crippen LogP contribution is -2.56. The molecule has 0 bridgehead atoms. The smallest absolute Gasteiger partial charge is 0.230 e. The molecule has 2 fully saturated rings. The maximum atomic E-state index is 12.9. The van der Waals surface area contributed by atoms with Crippen LogP contribution in [0.15, 0.2) is 0 Å². The number of methoxy groups -OCH3 is 1. The molecule has 1 atom stereocenters. The Labute approximate surface area is 116 Å². The third-order valence-corrected chi connectivity index (χ3v) is 5.09. The molecule has 0 spiro atoms. The first kappa shape index (κ1) is 14.8. The van der Waals surface area contributed by atoms with Crippen LogP contribution in [-0.4, -0.2) is 43.2 Å². The normalized spacial score (nSPS) is 31.2. The molecule has 4 nitrogen and oxygen atoms in total. The number of ether oxygens (including phenoxy) is 1. The van der Waals surface area contributed by atoms with Gasteiger partial charge in [-0.05, 0) is 32.6 Å². The van der Waals surface area contributed by atoms with E-state index in [1.54, 1.807) is 7.11 Å². The SMILES string of the molecule is COC1(C)CCCN(C(=O)C2(CN)CCCCC2)C1. The molecule has 1 unspecified atom stereocenters. The molecule has 1 amide bonds. The lowest BCUT2D eigenvalue weighted by atomic mass is 9.72. The zero-order valence-corrected chi connectivity index (χ0v) is 12.4. The van der Waals surface area contributed by atoms with E-state index in [-0.39, 0.29) is 16.9 Å². The molecule has 2 N–H and O–H groups in total. The van der Waals surface area contributed by atoms with Gasteiger partial charge in [0, 0.05) is 26.7 Å². The Kier molecular flexibility index (Phi) is 4.51. The van der Waals surface area contributed by atoms with Gasteiger partial charge in [0.25, 0.3) is 0 Å². The fourth-order valence-electron chi connectivity index (χ4n) is 3.61. The number of rotatable bonds is 3. The second kappa shape index (κ2) is 5.80. The second-order valence-corrected chi connectivity index (χ2v) is 6.53. The molecule has 1 saturated heterocycles. The number of amides is 1. The van der Waals surface area contributed by atoms with Gasteiger partial charge in [0.1, 0.15) is 0 Å². The van der Waals surface area contributed by atoms with Gasteiger partial charge < -0.3 is 15.4 Å². The van der Waals surface area contributed by atoms with Gasteiger partial charge in [-0.2, -0.15) is 0 Å². The molecule has 19 heavy (non-hydrogen) atoms. The van der Waals surface area contributed by atoms with Crippen LogP contribution in [0.1, 0.15) is 51.9 Å². The first-order chi connectivity index (χ1) is 9.05. The van der Waals surface area contributed by atoms with Crippen LogP contribution >= 0.6 is 0 Å². The number of hydrogen-bond acceptors (Lipinski definition) is 3. The topological polar surface area (TPSA) is 55.6 Å². The summed E-state index contributed by atoms with van der Waals surface area (Å²) in [5.41, 5.74) is 5.50. The van der Waals surface area contributed by atoms with Crippen molar-refractivity contribution in [1.29, 1.82) is 0 Å². The number of likely N-dealkylation sites (tertiary alicyclic amines) is 1. The Hall–Kier alpha value is -0.610. The number of carbonyl (C=O) groups is 1. The quantitative estimate of drug-likeness (QED) is 0.851. The summed E-state index contributed by atoms with van der Waals surface area (Å²) < 4.78 is 5.59. The minimum absolute atomic E-state index is 0.182. The van der Waals surface area contributed by atoms with E-state index >= 15 is 0 Å². The Morgan fingerprint density at radius 3 is 2.47 bits per heavy atom. The van der Waals surface area contributed by atoms with Gasteiger partial charge in [-0.15, -0.1) is 0 Å². The van der Waals surface area contributed by atoms with Crippen molar-refractivity contribution in [1.82, 2.24) is 4.90 Å². The molecule has 1 aliphatic carbocycles. The Morgan fingerprint density at radius 2 is 1.89 bits per heavy atom. The third-order valence-electron chi connectivity index (χ3n) is 5.09. The molecule has 4 heteroatoms. The summed E-state index contributed by atoms with van der Waals surface area (Å²) in [4.78, 5) is 14.9. The Balaban J connectivity index is 2.09. The highest BCUT2D eigenvalue weighted by atomic mass is 16.5. The van der Waals surface area contributed by atoms with Crippen LogP contribution in [0.3, 0.4) is 0 Å². The van der Waals surface area contributed by atoms with Crippen molar-refractivity contribution in [2.75, 3.05) is 26.7 Å². The summed E-state index contributed by atoms with van der Waals surface area (Å²) in [6.07, 6.45) is 7.49. The van der Waals surface area contributed by atoms with E-state index in [1.165, 1.54) is 6.42 Å². The monoisotopic (exact) mass is 268 g/mol. The highest BCUT2D eigenvalue weighted by Crippen LogP contribution is 2.38. The highest BCUT2D eigenvalue weighted by Gasteiger charge is 2.43. The van der Waals surface area contributed by atoms with Gasteiger partial charge in [-0.25, -0.2) is 0 Å². The van der Waals surface area contributed by atoms with E-state index in [4.69, 9.17) is 10.5 Å². The van der Waals surface area contributed by atoms with Gasteiger partial charge in [-0.3, -0.25) is 4.79 Å². The van der Waals surface area contributed by atoms with Gasteiger partial charge in [0.05, 0.1) is 11.0 Å². The molecule has 110 valence electrons. The summed E-state index contributed by atoms with van der Waals surface area (Å²) in [5.74, 6) is 0.276. The van der Waals surface area contributed by atoms with Crippen LogP contribution in [0.2, 0.25) is 0 Å². The van der Waals surface area contributed by atoms with Gasteiger partial charge in [-0.1, -0.05) is 19.3 Å². The van der Waals surface area contributed by atoms with Gasteiger partial charge >= 0.3 is 0 Å². The molecule has 0 radical (unpaired) electrons. The molecule has 2 rings (SSSR count). The largest absolute Gasteiger partial charge is 0.377 e. The van der Waals surface area contributed by atoms with Crippen molar-refractivity contribution < 1.29 is 9.53 Å². The molecule has 1 heterocycles. The van der Waals surface area contributed by atoms with Crippen LogP contribution in [-0.2, 0) is 9.53 Å². The van der Waals surface area contributed by atoms with Crippen LogP contribution in [0, 0.1) is 5.41 Å². The van der Waals surface area contributed by atoms with E-state index in [0.717, 1.165) is 45.1 Å². The second-order valence-electron chi connectivity index (χ2n) is 6.53. The van der Waals surface area contributed by atoms with Gasteiger partial charge in [0.2, 0.25) is 5.91 Å². The lowest BCUT2D eigenvalue weighted by Gasteiger charge is -2.45. The van der Waals surface area contributed by atoms with E-state index in [1.807, 2.05) is 4.90 Å². The van der Waals surface area contributed by atoms with Crippen LogP contribution in [0.5, 0.6) is 0 Å². The summed E-state index contributed by atoms with van der Waals surface area (Å²) in [7, 11) is 1.74. The zero-order chi connectivity index (χ0) is 13.9. The molecule has 2 aliphatic rings. The van der Waals surface area contributed by atoms with Crippen molar-refractivity contribution in [3.05, 3.63) is 0 Å². The number of piperidine rings is 1. The molecule has 0 aromatic rings. The predicted octanol–water partition coefficient (Wildman–Crippen LogP) is 1.92. The minimum atomic E-state index is -0.287. The number of hydrogen-bond donors (Lipinski definition) is 1. The van der Waals surface area contributed by atoms with E-state index in [9.17, 15) is 4.79 Å².